The summed E-state index contributed by atoms with van der Waals surface area (Å²) in [5, 5.41) is 2.14. The van der Waals surface area contributed by atoms with Crippen molar-refractivity contribution in [1.82, 2.24) is 0 Å². The van der Waals surface area contributed by atoms with Crippen LogP contribution in [0.1, 0.15) is 17.3 Å². The Hall–Kier alpha value is -1.78. The Morgan fingerprint density at radius 1 is 1.43 bits per heavy atom. The maximum Gasteiger partial charge on any atom is 0.221 e. The van der Waals surface area contributed by atoms with Crippen LogP contribution in [0.3, 0.4) is 0 Å². The van der Waals surface area contributed by atoms with E-state index in [0.29, 0.717) is 0 Å². The first-order chi connectivity index (χ1) is 6.56. The van der Waals surface area contributed by atoms with Crippen molar-refractivity contribution in [3.05, 3.63) is 29.3 Å². The number of rotatable bonds is 2. The lowest BCUT2D eigenvalue weighted by Crippen LogP contribution is -2.09. The fraction of sp³-hybridized carbons (Fsp3) is 0.111. The summed E-state index contributed by atoms with van der Waals surface area (Å²) in [5.74, 6) is -2.51. The number of nitrogens with one attached hydrogen (secondary N) is 1. The van der Waals surface area contributed by atoms with Gasteiger partial charge in [0.1, 0.15) is 5.82 Å². The van der Waals surface area contributed by atoms with Gasteiger partial charge in [0, 0.05) is 6.92 Å². The van der Waals surface area contributed by atoms with Gasteiger partial charge in [0.2, 0.25) is 5.91 Å². The molecule has 0 heterocycles. The zero-order chi connectivity index (χ0) is 10.7. The lowest BCUT2D eigenvalue weighted by molar-refractivity contribution is -0.114. The third kappa shape index (κ3) is 1.93. The standard InChI is InChI=1S/C9H7F2NO2/c1-5(14)12-8-3-2-7(10)6(4-13)9(8)11/h2-4H,1H3,(H,12,14). The highest BCUT2D eigenvalue weighted by molar-refractivity contribution is 5.90. The number of hydrogen-bond acceptors (Lipinski definition) is 2. The normalized spacial score (nSPS) is 9.64. The quantitative estimate of drug-likeness (QED) is 0.737. The minimum atomic E-state index is -1.06. The molecular weight excluding hydrogens is 192 g/mol. The van der Waals surface area contributed by atoms with Gasteiger partial charge in [0.05, 0.1) is 11.3 Å². The fourth-order valence-electron chi connectivity index (χ4n) is 0.964. The SMILES string of the molecule is CC(=O)Nc1ccc(F)c(C=O)c1F. The lowest BCUT2D eigenvalue weighted by Gasteiger charge is -2.05. The Morgan fingerprint density at radius 2 is 2.07 bits per heavy atom. The average molecular weight is 199 g/mol. The molecule has 0 atom stereocenters. The molecule has 74 valence electrons. The molecule has 1 rings (SSSR count). The first-order valence-corrected chi connectivity index (χ1v) is 3.77. The van der Waals surface area contributed by atoms with Gasteiger partial charge in [-0.25, -0.2) is 8.78 Å². The molecule has 1 aromatic rings. The molecule has 0 unspecified atom stereocenters. The zero-order valence-electron chi connectivity index (χ0n) is 7.30. The molecule has 0 aliphatic rings. The first kappa shape index (κ1) is 10.3. The molecule has 0 spiro atoms. The van der Waals surface area contributed by atoms with E-state index in [-0.39, 0.29) is 12.0 Å². The van der Waals surface area contributed by atoms with Crippen LogP contribution in [0.15, 0.2) is 12.1 Å². The van der Waals surface area contributed by atoms with Crippen LogP contribution < -0.4 is 5.32 Å². The van der Waals surface area contributed by atoms with E-state index in [2.05, 4.69) is 5.32 Å². The van der Waals surface area contributed by atoms with Crippen LogP contribution in [-0.2, 0) is 4.79 Å². The van der Waals surface area contributed by atoms with Crippen molar-refractivity contribution in [3.63, 3.8) is 0 Å². The molecule has 1 N–H and O–H groups in total. The van der Waals surface area contributed by atoms with E-state index in [1.54, 1.807) is 0 Å². The predicted molar refractivity (Wildman–Crippen MR) is 46.0 cm³/mol. The second kappa shape index (κ2) is 3.95. The molecule has 0 aliphatic carbocycles. The highest BCUT2D eigenvalue weighted by Crippen LogP contribution is 2.19. The van der Waals surface area contributed by atoms with E-state index >= 15 is 0 Å². The van der Waals surface area contributed by atoms with Gasteiger partial charge in [-0.1, -0.05) is 0 Å². The van der Waals surface area contributed by atoms with Crippen LogP contribution in [0, 0.1) is 11.6 Å². The summed E-state index contributed by atoms with van der Waals surface area (Å²) < 4.78 is 26.0. The van der Waals surface area contributed by atoms with Crippen molar-refractivity contribution >= 4 is 17.9 Å². The van der Waals surface area contributed by atoms with Crippen molar-refractivity contribution in [3.8, 4) is 0 Å². The second-order valence-electron chi connectivity index (χ2n) is 2.62. The van der Waals surface area contributed by atoms with Crippen LogP contribution in [0.4, 0.5) is 14.5 Å². The molecular formula is C9H7F2NO2. The Balaban J connectivity index is 3.20. The van der Waals surface area contributed by atoms with Crippen LogP contribution >= 0.6 is 0 Å². The molecule has 0 aromatic heterocycles. The number of halogens is 2. The molecule has 0 fully saturated rings. The van der Waals surface area contributed by atoms with E-state index in [0.717, 1.165) is 12.1 Å². The maximum absolute atomic E-state index is 13.2. The Morgan fingerprint density at radius 3 is 2.57 bits per heavy atom. The van der Waals surface area contributed by atoms with Gasteiger partial charge in [-0.2, -0.15) is 0 Å². The fourth-order valence-corrected chi connectivity index (χ4v) is 0.964. The number of benzene rings is 1. The highest BCUT2D eigenvalue weighted by Gasteiger charge is 2.13. The molecule has 0 saturated heterocycles. The average Bonchev–Trinajstić information content (AvgIpc) is 2.10. The van der Waals surface area contributed by atoms with Crippen molar-refractivity contribution < 1.29 is 18.4 Å². The van der Waals surface area contributed by atoms with Gasteiger partial charge >= 0.3 is 0 Å². The molecule has 3 nitrogen and oxygen atoms in total. The minimum absolute atomic E-state index is 0.0655. The number of aldehydes is 1. The molecule has 1 aromatic carbocycles. The second-order valence-corrected chi connectivity index (χ2v) is 2.62. The van der Waals surface area contributed by atoms with Gasteiger partial charge in [-0.15, -0.1) is 0 Å². The van der Waals surface area contributed by atoms with Crippen LogP contribution in [0.5, 0.6) is 0 Å². The maximum atomic E-state index is 13.2. The minimum Gasteiger partial charge on any atom is -0.324 e. The summed E-state index contributed by atoms with van der Waals surface area (Å²) in [5.41, 5.74) is -0.891. The lowest BCUT2D eigenvalue weighted by atomic mass is 10.2. The molecule has 5 heteroatoms. The van der Waals surface area contributed by atoms with Gasteiger partial charge < -0.3 is 5.32 Å². The smallest absolute Gasteiger partial charge is 0.221 e. The van der Waals surface area contributed by atoms with E-state index in [1.807, 2.05) is 0 Å². The first-order valence-electron chi connectivity index (χ1n) is 3.77. The number of carbonyl (C=O) groups excluding carboxylic acids is 2. The molecule has 1 amide bonds. The number of amides is 1. The Kier molecular flexibility index (Phi) is 2.91. The third-order valence-corrected chi connectivity index (χ3v) is 1.56. The van der Waals surface area contributed by atoms with Gasteiger partial charge in [-0.3, -0.25) is 9.59 Å². The van der Waals surface area contributed by atoms with Crippen molar-refractivity contribution in [2.24, 2.45) is 0 Å². The van der Waals surface area contributed by atoms with E-state index < -0.39 is 23.1 Å². The van der Waals surface area contributed by atoms with Crippen molar-refractivity contribution in [2.75, 3.05) is 5.32 Å². The van der Waals surface area contributed by atoms with Crippen LogP contribution in [0.25, 0.3) is 0 Å². The topological polar surface area (TPSA) is 46.2 Å². The molecule has 14 heavy (non-hydrogen) atoms. The van der Waals surface area contributed by atoms with E-state index in [4.69, 9.17) is 0 Å². The largest absolute Gasteiger partial charge is 0.324 e. The van der Waals surface area contributed by atoms with Crippen molar-refractivity contribution in [2.45, 2.75) is 6.92 Å². The summed E-state index contributed by atoms with van der Waals surface area (Å²) in [6.07, 6.45) is 0.0655. The zero-order valence-corrected chi connectivity index (χ0v) is 7.30. The van der Waals surface area contributed by atoms with E-state index in [1.165, 1.54) is 6.92 Å². The molecule has 0 saturated carbocycles. The summed E-state index contributed by atoms with van der Waals surface area (Å²) in [6, 6.07) is 1.97. The van der Waals surface area contributed by atoms with Gasteiger partial charge in [0.25, 0.3) is 0 Å². The summed E-state index contributed by atoms with van der Waals surface area (Å²) in [4.78, 5) is 20.9. The van der Waals surface area contributed by atoms with Crippen LogP contribution in [-0.4, -0.2) is 12.2 Å². The molecule has 0 radical (unpaired) electrons. The number of carbonyl (C=O) groups is 2. The predicted octanol–water partition coefficient (Wildman–Crippen LogP) is 1.74. The highest BCUT2D eigenvalue weighted by atomic mass is 19.1. The van der Waals surface area contributed by atoms with Crippen LogP contribution in [0.2, 0.25) is 0 Å². The summed E-state index contributed by atoms with van der Waals surface area (Å²) in [7, 11) is 0. The number of hydrogen-bond donors (Lipinski definition) is 1. The monoisotopic (exact) mass is 199 g/mol. The molecule has 0 aliphatic heterocycles. The van der Waals surface area contributed by atoms with Gasteiger partial charge in [0.15, 0.2) is 12.1 Å². The summed E-state index contributed by atoms with van der Waals surface area (Å²) >= 11 is 0. The number of anilines is 1. The third-order valence-electron chi connectivity index (χ3n) is 1.56. The Labute approximate surface area is 78.7 Å². The van der Waals surface area contributed by atoms with Gasteiger partial charge in [-0.05, 0) is 12.1 Å². The van der Waals surface area contributed by atoms with E-state index in [9.17, 15) is 18.4 Å². The van der Waals surface area contributed by atoms with Crippen molar-refractivity contribution in [1.29, 1.82) is 0 Å². The molecule has 0 bridgehead atoms. The summed E-state index contributed by atoms with van der Waals surface area (Å²) in [6.45, 7) is 1.18. The Bertz CT molecular complexity index is 391.